The molecule has 2 aliphatic heterocycles. The molecular formula is C25H42N4O6S. The highest BCUT2D eigenvalue weighted by Gasteiger charge is 2.51. The van der Waals surface area contributed by atoms with Crippen LogP contribution in [-0.4, -0.2) is 76.1 Å². The van der Waals surface area contributed by atoms with Gasteiger partial charge in [-0.1, -0.05) is 20.3 Å². The number of nitrogens with one attached hydrogen (secondary N) is 3. The van der Waals surface area contributed by atoms with E-state index in [4.69, 9.17) is 4.74 Å². The van der Waals surface area contributed by atoms with Gasteiger partial charge in [-0.2, -0.15) is 0 Å². The molecule has 4 amide bonds. The number of nitrogens with zero attached hydrogens (tertiary/aromatic N) is 1. The summed E-state index contributed by atoms with van der Waals surface area (Å²) >= 11 is 4.15. The average molecular weight is 527 g/mol. The first-order valence-electron chi connectivity index (χ1n) is 13.0. The smallest absolute Gasteiger partial charge is 0.408 e. The first-order chi connectivity index (χ1) is 16.8. The van der Waals surface area contributed by atoms with Crippen molar-refractivity contribution in [1.82, 2.24) is 20.9 Å². The van der Waals surface area contributed by atoms with E-state index in [0.717, 1.165) is 19.3 Å². The number of likely N-dealkylation sites (tertiary alicyclic amines) is 1. The Balaban J connectivity index is 1.77. The van der Waals surface area contributed by atoms with Crippen LogP contribution < -0.4 is 16.0 Å². The minimum absolute atomic E-state index is 0.00998. The molecule has 1 saturated carbocycles. The fraction of sp³-hybridized carbons (Fsp3) is 0.840. The molecule has 10 nitrogen and oxygen atoms in total. The van der Waals surface area contributed by atoms with E-state index in [2.05, 4.69) is 28.6 Å². The van der Waals surface area contributed by atoms with Gasteiger partial charge in [0.1, 0.15) is 23.1 Å². The lowest BCUT2D eigenvalue weighted by atomic mass is 9.92. The van der Waals surface area contributed by atoms with E-state index in [1.165, 1.54) is 0 Å². The number of ether oxygens (including phenoxy) is 1. The molecule has 0 spiro atoms. The summed E-state index contributed by atoms with van der Waals surface area (Å²) in [5.74, 6) is -1.07. The number of rotatable bonds is 8. The summed E-state index contributed by atoms with van der Waals surface area (Å²) in [7, 11) is 0. The highest BCUT2D eigenvalue weighted by atomic mass is 32.1. The largest absolute Gasteiger partial charge is 0.444 e. The molecule has 3 aliphatic rings. The molecular weight excluding hydrogens is 484 g/mol. The Labute approximate surface area is 219 Å². The van der Waals surface area contributed by atoms with Crippen LogP contribution in [0.3, 0.4) is 0 Å². The Bertz CT molecular complexity index is 845. The lowest BCUT2D eigenvalue weighted by molar-refractivity contribution is -0.142. The number of hydrogen-bond acceptors (Lipinski definition) is 7. The summed E-state index contributed by atoms with van der Waals surface area (Å²) in [6.45, 7) is 9.95. The van der Waals surface area contributed by atoms with Crippen LogP contribution in [-0.2, 0) is 19.1 Å². The highest BCUT2D eigenvalue weighted by Crippen LogP contribution is 2.43. The second kappa shape index (κ2) is 11.6. The van der Waals surface area contributed by atoms with E-state index in [-0.39, 0.29) is 47.8 Å². The molecule has 2 heterocycles. The summed E-state index contributed by atoms with van der Waals surface area (Å²) in [4.78, 5) is 53.5. The first kappa shape index (κ1) is 28.6. The summed E-state index contributed by atoms with van der Waals surface area (Å²) in [5.41, 5.74) is -1.86. The SMILES string of the molecule is CC(C)[C@H](NC(=O)OC(C)(C)C)C(=O)N1C[C@@H]2CCC[C@@H]2[C@H]1C(=O)N[C@@H](C[C@@H]1CCNC1=O)[C@@H](O)S. The van der Waals surface area contributed by atoms with E-state index in [1.807, 2.05) is 13.8 Å². The quantitative estimate of drug-likeness (QED) is 0.240. The standard InChI is InChI=1S/C25H42N4O6S/c1-13(2)18(28-24(34)35-25(3,4)5)22(32)29-12-15-7-6-8-16(15)19(29)21(31)27-17(23(33)36)11-14-9-10-26-20(14)30/h13-19,23,33,36H,6-12H2,1-5H3,(H,26,30)(H,27,31)(H,28,34)/t14-,15-,16-,17-,18-,19-,23-/m0/s1. The topological polar surface area (TPSA) is 137 Å². The van der Waals surface area contributed by atoms with Gasteiger partial charge in [-0.25, -0.2) is 4.79 Å². The Morgan fingerprint density at radius 2 is 1.89 bits per heavy atom. The van der Waals surface area contributed by atoms with Crippen molar-refractivity contribution >= 4 is 36.4 Å². The maximum Gasteiger partial charge on any atom is 0.408 e. The number of aliphatic hydroxyl groups is 1. The van der Waals surface area contributed by atoms with Crippen LogP contribution in [0.25, 0.3) is 0 Å². The van der Waals surface area contributed by atoms with Gasteiger partial charge in [-0.05, 0) is 64.2 Å². The second-order valence-corrected chi connectivity index (χ2v) is 12.2. The maximum absolute atomic E-state index is 13.7. The maximum atomic E-state index is 13.7. The summed E-state index contributed by atoms with van der Waals surface area (Å²) in [5, 5.41) is 18.6. The van der Waals surface area contributed by atoms with E-state index in [1.54, 1.807) is 25.7 Å². The van der Waals surface area contributed by atoms with Gasteiger partial charge in [0.25, 0.3) is 0 Å². The number of thiol groups is 1. The van der Waals surface area contributed by atoms with Gasteiger partial charge < -0.3 is 30.7 Å². The summed E-state index contributed by atoms with van der Waals surface area (Å²) in [6.07, 6.45) is 2.99. The average Bonchev–Trinajstić information content (AvgIpc) is 3.45. The van der Waals surface area contributed by atoms with Crippen LogP contribution in [0.4, 0.5) is 4.79 Å². The van der Waals surface area contributed by atoms with Crippen molar-refractivity contribution in [2.24, 2.45) is 23.7 Å². The molecule has 2 saturated heterocycles. The Kier molecular flexibility index (Phi) is 9.19. The zero-order valence-electron chi connectivity index (χ0n) is 22.0. The summed E-state index contributed by atoms with van der Waals surface area (Å²) < 4.78 is 5.36. The van der Waals surface area contributed by atoms with Crippen LogP contribution in [0, 0.1) is 23.7 Å². The first-order valence-corrected chi connectivity index (χ1v) is 13.5. The van der Waals surface area contributed by atoms with Gasteiger partial charge in [-0.15, -0.1) is 12.6 Å². The third-order valence-corrected chi connectivity index (χ3v) is 7.80. The van der Waals surface area contributed by atoms with E-state index >= 15 is 0 Å². The molecule has 4 N–H and O–H groups in total. The molecule has 0 bridgehead atoms. The van der Waals surface area contributed by atoms with E-state index in [0.29, 0.717) is 19.5 Å². The van der Waals surface area contributed by atoms with Gasteiger partial charge in [-0.3, -0.25) is 14.4 Å². The monoisotopic (exact) mass is 526 g/mol. The Morgan fingerprint density at radius 1 is 1.19 bits per heavy atom. The number of aliphatic hydroxyl groups excluding tert-OH is 1. The molecule has 0 aromatic heterocycles. The fourth-order valence-corrected chi connectivity index (χ4v) is 5.89. The Hall–Kier alpha value is -2.01. The predicted octanol–water partition coefficient (Wildman–Crippen LogP) is 1.42. The van der Waals surface area contributed by atoms with E-state index < -0.39 is 35.3 Å². The van der Waals surface area contributed by atoms with Crippen LogP contribution >= 0.6 is 12.6 Å². The molecule has 0 radical (unpaired) electrons. The number of alkyl carbamates (subject to hydrolysis) is 1. The number of fused-ring (bicyclic) bond motifs is 1. The molecule has 7 atom stereocenters. The molecule has 36 heavy (non-hydrogen) atoms. The van der Waals surface area contributed by atoms with Crippen LogP contribution in [0.15, 0.2) is 0 Å². The van der Waals surface area contributed by atoms with Gasteiger partial charge in [0.05, 0.1) is 6.04 Å². The van der Waals surface area contributed by atoms with Crippen molar-refractivity contribution in [3.8, 4) is 0 Å². The van der Waals surface area contributed by atoms with Crippen molar-refractivity contribution in [1.29, 1.82) is 0 Å². The lowest BCUT2D eigenvalue weighted by Gasteiger charge is -2.34. The van der Waals surface area contributed by atoms with E-state index in [9.17, 15) is 24.3 Å². The zero-order chi connectivity index (χ0) is 26.8. The van der Waals surface area contributed by atoms with Gasteiger partial charge in [0, 0.05) is 19.0 Å². The van der Waals surface area contributed by atoms with Crippen molar-refractivity contribution in [3.63, 3.8) is 0 Å². The molecule has 0 aromatic rings. The fourth-order valence-electron chi connectivity index (χ4n) is 5.69. The lowest BCUT2D eigenvalue weighted by Crippen LogP contribution is -2.58. The van der Waals surface area contributed by atoms with Gasteiger partial charge >= 0.3 is 6.09 Å². The minimum Gasteiger partial charge on any atom is -0.444 e. The van der Waals surface area contributed by atoms with Crippen molar-refractivity contribution in [2.75, 3.05) is 13.1 Å². The van der Waals surface area contributed by atoms with Crippen LogP contribution in [0.1, 0.15) is 66.7 Å². The number of hydrogen-bond donors (Lipinski definition) is 5. The van der Waals surface area contributed by atoms with Gasteiger partial charge in [0.2, 0.25) is 17.7 Å². The zero-order valence-corrected chi connectivity index (χ0v) is 22.8. The summed E-state index contributed by atoms with van der Waals surface area (Å²) in [6, 6.07) is -2.28. The normalized spacial score (nSPS) is 28.3. The van der Waals surface area contributed by atoms with Crippen LogP contribution in [0.2, 0.25) is 0 Å². The molecule has 11 heteroatoms. The van der Waals surface area contributed by atoms with Crippen LogP contribution in [0.5, 0.6) is 0 Å². The van der Waals surface area contributed by atoms with Crippen molar-refractivity contribution in [3.05, 3.63) is 0 Å². The van der Waals surface area contributed by atoms with Crippen molar-refractivity contribution in [2.45, 2.75) is 95.9 Å². The van der Waals surface area contributed by atoms with Crippen molar-refractivity contribution < 1.29 is 29.0 Å². The minimum atomic E-state index is -1.15. The molecule has 204 valence electrons. The molecule has 0 aromatic carbocycles. The molecule has 3 fully saturated rings. The predicted molar refractivity (Wildman–Crippen MR) is 137 cm³/mol. The third kappa shape index (κ3) is 6.85. The number of carbonyl (C=O) groups excluding carboxylic acids is 4. The second-order valence-electron chi connectivity index (χ2n) is 11.7. The molecule has 3 rings (SSSR count). The highest BCUT2D eigenvalue weighted by molar-refractivity contribution is 7.80. The Morgan fingerprint density at radius 3 is 2.44 bits per heavy atom. The molecule has 1 aliphatic carbocycles. The molecule has 0 unspecified atom stereocenters. The number of carbonyl (C=O) groups is 4. The van der Waals surface area contributed by atoms with Gasteiger partial charge in [0.15, 0.2) is 0 Å². The number of amides is 4. The third-order valence-electron chi connectivity index (χ3n) is 7.44.